The van der Waals surface area contributed by atoms with Crippen LogP contribution in [0.25, 0.3) is 0 Å². The van der Waals surface area contributed by atoms with Gasteiger partial charge < -0.3 is 44.6 Å². The Balaban J connectivity index is 1.47. The number of aliphatic hydroxyl groups excluding tert-OH is 3. The maximum Gasteiger partial charge on any atom is 0.339 e. The highest BCUT2D eigenvalue weighted by molar-refractivity contribution is 6.30. The van der Waals surface area contributed by atoms with E-state index in [0.717, 1.165) is 11.3 Å². The minimum absolute atomic E-state index is 0.0199. The van der Waals surface area contributed by atoms with Crippen molar-refractivity contribution < 1.29 is 44.5 Å². The number of aryl methyl sites for hydroxylation is 1. The number of aromatic hydroxyl groups is 2. The summed E-state index contributed by atoms with van der Waals surface area (Å²) >= 11 is 6.20. The second-order valence-corrected chi connectivity index (χ2v) is 10.3. The number of methoxy groups -OCH3 is 1. The van der Waals surface area contributed by atoms with Crippen LogP contribution in [-0.2, 0) is 16.0 Å². The molecular weight excluding hydrogens is 520 g/mol. The minimum Gasteiger partial charge on any atom is -0.504 e. The zero-order valence-corrected chi connectivity index (χ0v) is 21.8. The van der Waals surface area contributed by atoms with Crippen molar-refractivity contribution in [2.24, 2.45) is 0 Å². The van der Waals surface area contributed by atoms with Crippen LogP contribution in [0.4, 0.5) is 5.69 Å². The molecule has 2 saturated heterocycles. The third-order valence-electron chi connectivity index (χ3n) is 7.61. The van der Waals surface area contributed by atoms with Gasteiger partial charge in [-0.15, -0.1) is 0 Å². The van der Waals surface area contributed by atoms with Crippen LogP contribution < -0.4 is 9.64 Å². The number of phenols is 2. The van der Waals surface area contributed by atoms with E-state index in [1.807, 2.05) is 25.1 Å². The molecule has 3 heterocycles. The molecule has 0 aromatic heterocycles. The lowest BCUT2D eigenvalue weighted by Gasteiger charge is -2.45. The van der Waals surface area contributed by atoms with Gasteiger partial charge in [0.2, 0.25) is 5.75 Å². The van der Waals surface area contributed by atoms with E-state index >= 15 is 0 Å². The van der Waals surface area contributed by atoms with Crippen LogP contribution in [0.2, 0.25) is 5.02 Å². The Morgan fingerprint density at radius 3 is 2.47 bits per heavy atom. The number of phenolic OH excluding ortho intramolecular Hbond substituents is 2. The topological polar surface area (TPSA) is 152 Å². The molecule has 3 aliphatic rings. The fourth-order valence-electron chi connectivity index (χ4n) is 5.56. The molecule has 2 aromatic carbocycles. The first-order chi connectivity index (χ1) is 18.2. The van der Waals surface area contributed by atoms with Gasteiger partial charge in [0.25, 0.3) is 0 Å². The molecule has 5 atom stereocenters. The number of fused-ring (bicyclic) bond motifs is 3. The lowest BCUT2D eigenvalue weighted by atomic mass is 9.84. The van der Waals surface area contributed by atoms with Crippen molar-refractivity contribution >= 4 is 23.3 Å². The summed E-state index contributed by atoms with van der Waals surface area (Å²) in [7, 11) is 1.27. The summed E-state index contributed by atoms with van der Waals surface area (Å²) in [5.74, 6) is -2.06. The van der Waals surface area contributed by atoms with E-state index in [0.29, 0.717) is 31.2 Å². The van der Waals surface area contributed by atoms with Crippen molar-refractivity contribution in [2.45, 2.75) is 44.0 Å². The summed E-state index contributed by atoms with van der Waals surface area (Å²) in [4.78, 5) is 17.5. The Morgan fingerprint density at radius 1 is 1.11 bits per heavy atom. The smallest absolute Gasteiger partial charge is 0.339 e. The molecule has 0 radical (unpaired) electrons. The van der Waals surface area contributed by atoms with Gasteiger partial charge in [-0.05, 0) is 24.6 Å². The molecule has 2 aromatic rings. The summed E-state index contributed by atoms with van der Waals surface area (Å²) in [6.07, 6.45) is -6.77. The highest BCUT2D eigenvalue weighted by atomic mass is 35.5. The Kier molecular flexibility index (Phi) is 7.33. The van der Waals surface area contributed by atoms with Crippen LogP contribution in [0, 0.1) is 6.92 Å². The quantitative estimate of drug-likeness (QED) is 0.340. The first-order valence-corrected chi connectivity index (χ1v) is 12.8. The number of carbonyl (C=O) groups excluding carboxylic acids is 1. The number of aliphatic hydroxyl groups is 3. The third kappa shape index (κ3) is 4.42. The second kappa shape index (κ2) is 10.4. The molecule has 0 saturated carbocycles. The summed E-state index contributed by atoms with van der Waals surface area (Å²) in [5.41, 5.74) is 2.24. The number of hydrogen-bond donors (Lipinski definition) is 5. The molecule has 3 aliphatic heterocycles. The summed E-state index contributed by atoms with van der Waals surface area (Å²) in [6.45, 7) is 4.14. The lowest BCUT2D eigenvalue weighted by Crippen LogP contribution is -2.58. The molecule has 0 spiro atoms. The SMILES string of the molecule is COc1c(O)c(CN2CCN(c3cc(Cl)ccc3C)CC2)c2c(c1O)[C@@H]1O[C@H](CO)[C@@H](O)[C@H](O)[C@@H]1OC2=O. The second-order valence-electron chi connectivity index (χ2n) is 9.82. The van der Waals surface area contributed by atoms with Crippen LogP contribution in [0.5, 0.6) is 17.2 Å². The van der Waals surface area contributed by atoms with Crippen molar-refractivity contribution in [3.63, 3.8) is 0 Å². The summed E-state index contributed by atoms with van der Waals surface area (Å²) in [5, 5.41) is 53.2. The molecule has 5 N–H and O–H groups in total. The molecule has 0 aliphatic carbocycles. The Labute approximate surface area is 224 Å². The number of anilines is 1. The largest absolute Gasteiger partial charge is 0.504 e. The molecule has 2 fully saturated rings. The van der Waals surface area contributed by atoms with Gasteiger partial charge in [0.05, 0.1) is 19.3 Å². The number of halogens is 1. The van der Waals surface area contributed by atoms with E-state index in [4.69, 9.17) is 25.8 Å². The first kappa shape index (κ1) is 26.8. The summed E-state index contributed by atoms with van der Waals surface area (Å²) in [6, 6.07) is 5.75. The van der Waals surface area contributed by atoms with E-state index in [1.165, 1.54) is 7.11 Å². The van der Waals surface area contributed by atoms with Gasteiger partial charge in [-0.1, -0.05) is 17.7 Å². The van der Waals surface area contributed by atoms with Gasteiger partial charge in [0, 0.05) is 54.6 Å². The molecule has 206 valence electrons. The number of hydrogen-bond acceptors (Lipinski definition) is 11. The molecular formula is C26H31ClN2O9. The van der Waals surface area contributed by atoms with Crippen molar-refractivity contribution in [1.29, 1.82) is 0 Å². The van der Waals surface area contributed by atoms with Crippen molar-refractivity contribution in [2.75, 3.05) is 44.8 Å². The van der Waals surface area contributed by atoms with Gasteiger partial charge in [0.15, 0.2) is 17.6 Å². The zero-order chi connectivity index (χ0) is 27.3. The van der Waals surface area contributed by atoms with Crippen molar-refractivity contribution in [3.8, 4) is 17.2 Å². The van der Waals surface area contributed by atoms with Crippen LogP contribution >= 0.6 is 11.6 Å². The monoisotopic (exact) mass is 550 g/mol. The first-order valence-electron chi connectivity index (χ1n) is 12.4. The molecule has 11 nitrogen and oxygen atoms in total. The average Bonchev–Trinajstić information content (AvgIpc) is 2.90. The highest BCUT2D eigenvalue weighted by Gasteiger charge is 2.53. The van der Waals surface area contributed by atoms with Crippen molar-refractivity contribution in [3.05, 3.63) is 45.5 Å². The third-order valence-corrected chi connectivity index (χ3v) is 7.85. The van der Waals surface area contributed by atoms with E-state index in [2.05, 4.69) is 9.80 Å². The molecule has 38 heavy (non-hydrogen) atoms. The number of rotatable bonds is 5. The fourth-order valence-corrected chi connectivity index (χ4v) is 5.73. The van der Waals surface area contributed by atoms with E-state index < -0.39 is 54.6 Å². The number of esters is 1. The van der Waals surface area contributed by atoms with E-state index in [-0.39, 0.29) is 29.0 Å². The van der Waals surface area contributed by atoms with E-state index in [9.17, 15) is 30.3 Å². The standard InChI is InChI=1S/C26H31ClN2O9/c1-12-3-4-13(27)9-15(12)29-7-5-28(6-8-29)10-14-17-18(21(33)24(36-2)19(14)31)23-25(38-26(17)35)22(34)20(32)16(11-30)37-23/h3-4,9,16,20,22-23,25,30-34H,5-8,10-11H2,1-2H3/t16-,20-,22+,23+,25+/m1/s1. The molecule has 12 heteroatoms. The maximum atomic E-state index is 13.2. The fraction of sp³-hybridized carbons (Fsp3) is 0.500. The van der Waals surface area contributed by atoms with Gasteiger partial charge in [-0.3, -0.25) is 4.90 Å². The number of nitrogens with zero attached hydrogens (tertiary/aromatic N) is 2. The summed E-state index contributed by atoms with van der Waals surface area (Å²) < 4.78 is 16.5. The van der Waals surface area contributed by atoms with Gasteiger partial charge in [-0.2, -0.15) is 0 Å². The van der Waals surface area contributed by atoms with Gasteiger partial charge in [-0.25, -0.2) is 4.79 Å². The number of ether oxygens (including phenoxy) is 3. The normalized spacial score (nSPS) is 27.5. The number of piperazine rings is 1. The Hall–Kier alpha value is -2.80. The predicted octanol–water partition coefficient (Wildman–Crippen LogP) is 1.08. The lowest BCUT2D eigenvalue weighted by molar-refractivity contribution is -0.235. The predicted molar refractivity (Wildman–Crippen MR) is 136 cm³/mol. The molecule has 0 bridgehead atoms. The Bertz CT molecular complexity index is 1230. The Morgan fingerprint density at radius 2 is 1.82 bits per heavy atom. The van der Waals surface area contributed by atoms with Crippen LogP contribution in [0.15, 0.2) is 18.2 Å². The van der Waals surface area contributed by atoms with Crippen LogP contribution in [0.3, 0.4) is 0 Å². The highest BCUT2D eigenvalue weighted by Crippen LogP contribution is 2.52. The molecule has 5 rings (SSSR count). The maximum absolute atomic E-state index is 13.2. The van der Waals surface area contributed by atoms with E-state index in [1.54, 1.807) is 0 Å². The minimum atomic E-state index is -1.56. The van der Waals surface area contributed by atoms with Crippen LogP contribution in [0.1, 0.15) is 33.2 Å². The zero-order valence-electron chi connectivity index (χ0n) is 21.0. The molecule has 0 unspecified atom stereocenters. The number of carbonyl (C=O) groups is 1. The van der Waals surface area contributed by atoms with Crippen molar-refractivity contribution in [1.82, 2.24) is 4.90 Å². The van der Waals surface area contributed by atoms with Gasteiger partial charge in [0.1, 0.15) is 24.4 Å². The van der Waals surface area contributed by atoms with Gasteiger partial charge >= 0.3 is 5.97 Å². The number of benzene rings is 2. The van der Waals surface area contributed by atoms with Crippen LogP contribution in [-0.4, -0.2) is 101 Å². The average molecular weight is 551 g/mol. The molecule has 0 amide bonds.